The summed E-state index contributed by atoms with van der Waals surface area (Å²) in [5, 5.41) is 12.9. The van der Waals surface area contributed by atoms with Gasteiger partial charge in [0.2, 0.25) is 0 Å². The zero-order chi connectivity index (χ0) is 15.6. The molecule has 1 aromatic carbocycles. The molecule has 1 aromatic heterocycles. The van der Waals surface area contributed by atoms with Crippen LogP contribution in [0.3, 0.4) is 0 Å². The first-order valence-electron chi connectivity index (χ1n) is 6.64. The molecule has 0 saturated heterocycles. The number of phenols is 1. The van der Waals surface area contributed by atoms with Crippen molar-refractivity contribution < 1.29 is 19.1 Å². The summed E-state index contributed by atoms with van der Waals surface area (Å²) in [6.45, 7) is 5.93. The first-order chi connectivity index (χ1) is 9.92. The summed E-state index contributed by atoms with van der Waals surface area (Å²) in [5.41, 5.74) is 3.09. The number of phenolic OH excluding ortho intramolecular Hbond substituents is 1. The van der Waals surface area contributed by atoms with E-state index in [1.807, 2.05) is 19.9 Å². The van der Waals surface area contributed by atoms with Crippen molar-refractivity contribution in [3.8, 4) is 5.75 Å². The fourth-order valence-electron chi connectivity index (χ4n) is 2.12. The maximum atomic E-state index is 11.5. The number of carbonyl (C=O) groups excluding carboxylic acids is 1. The van der Waals surface area contributed by atoms with Crippen LogP contribution in [0.2, 0.25) is 0 Å². The van der Waals surface area contributed by atoms with Gasteiger partial charge >= 0.3 is 5.97 Å². The minimum atomic E-state index is -0.404. The van der Waals surface area contributed by atoms with Crippen molar-refractivity contribution in [3.63, 3.8) is 0 Å². The largest absolute Gasteiger partial charge is 0.508 e. The minimum Gasteiger partial charge on any atom is -0.508 e. The van der Waals surface area contributed by atoms with E-state index in [9.17, 15) is 9.90 Å². The molecule has 0 aliphatic rings. The lowest BCUT2D eigenvalue weighted by Crippen LogP contribution is -2.02. The van der Waals surface area contributed by atoms with Gasteiger partial charge in [-0.2, -0.15) is 0 Å². The third kappa shape index (κ3) is 3.18. The molecule has 0 radical (unpaired) electrons. The molecule has 5 heteroatoms. The van der Waals surface area contributed by atoms with E-state index >= 15 is 0 Å². The van der Waals surface area contributed by atoms with Crippen LogP contribution in [0.25, 0.3) is 0 Å². The topological polar surface area (TPSA) is 71.7 Å². The van der Waals surface area contributed by atoms with Gasteiger partial charge in [-0.3, -0.25) is 0 Å². The van der Waals surface area contributed by atoms with Gasteiger partial charge in [-0.1, -0.05) is 0 Å². The average Bonchev–Trinajstić information content (AvgIpc) is 2.81. The lowest BCUT2D eigenvalue weighted by molar-refractivity contribution is 0.0599. The smallest absolute Gasteiger partial charge is 0.341 e. The number of furan rings is 1. The van der Waals surface area contributed by atoms with Gasteiger partial charge in [-0.25, -0.2) is 4.79 Å². The van der Waals surface area contributed by atoms with Crippen LogP contribution >= 0.6 is 0 Å². The van der Waals surface area contributed by atoms with Gasteiger partial charge in [0.25, 0.3) is 0 Å². The maximum absolute atomic E-state index is 11.5. The summed E-state index contributed by atoms with van der Waals surface area (Å²) in [5.74, 6) is 1.06. The van der Waals surface area contributed by atoms with Crippen LogP contribution in [-0.2, 0) is 11.3 Å². The van der Waals surface area contributed by atoms with Gasteiger partial charge in [0, 0.05) is 5.69 Å². The number of ether oxygens (including phenoxy) is 1. The second-order valence-electron chi connectivity index (χ2n) is 4.98. The number of esters is 1. The Bertz CT molecular complexity index is 673. The molecular weight excluding hydrogens is 270 g/mol. The number of aromatic hydroxyl groups is 1. The van der Waals surface area contributed by atoms with E-state index in [1.54, 1.807) is 19.1 Å². The number of rotatable bonds is 4. The van der Waals surface area contributed by atoms with E-state index in [2.05, 4.69) is 5.32 Å². The summed E-state index contributed by atoms with van der Waals surface area (Å²) in [4.78, 5) is 11.5. The Morgan fingerprint density at radius 1 is 1.24 bits per heavy atom. The third-order valence-corrected chi connectivity index (χ3v) is 3.37. The molecule has 0 aliphatic carbocycles. The van der Waals surface area contributed by atoms with Crippen LogP contribution in [0.1, 0.15) is 33.0 Å². The number of hydrogen-bond acceptors (Lipinski definition) is 5. The fraction of sp³-hybridized carbons (Fsp3) is 0.312. The molecular formula is C16H19NO4. The number of benzene rings is 1. The first kappa shape index (κ1) is 15.0. The van der Waals surface area contributed by atoms with E-state index in [1.165, 1.54) is 7.11 Å². The number of anilines is 1. The molecule has 0 amide bonds. The summed E-state index contributed by atoms with van der Waals surface area (Å²) in [6, 6.07) is 5.27. The monoisotopic (exact) mass is 289 g/mol. The Morgan fingerprint density at radius 2 is 1.95 bits per heavy atom. The van der Waals surface area contributed by atoms with Crippen molar-refractivity contribution in [2.45, 2.75) is 27.3 Å². The van der Waals surface area contributed by atoms with E-state index in [-0.39, 0.29) is 5.75 Å². The minimum absolute atomic E-state index is 0.278. The molecule has 21 heavy (non-hydrogen) atoms. The molecule has 2 rings (SSSR count). The van der Waals surface area contributed by atoms with Gasteiger partial charge in [-0.15, -0.1) is 0 Å². The molecule has 0 bridgehead atoms. The van der Waals surface area contributed by atoms with Crippen molar-refractivity contribution in [1.29, 1.82) is 0 Å². The summed E-state index contributed by atoms with van der Waals surface area (Å²) < 4.78 is 10.2. The van der Waals surface area contributed by atoms with Crippen molar-refractivity contribution in [1.82, 2.24) is 0 Å². The molecule has 112 valence electrons. The molecule has 0 aliphatic heterocycles. The average molecular weight is 289 g/mol. The highest BCUT2D eigenvalue weighted by Crippen LogP contribution is 2.26. The number of methoxy groups -OCH3 is 1. The highest BCUT2D eigenvalue weighted by atomic mass is 16.5. The van der Waals surface area contributed by atoms with Crippen LogP contribution < -0.4 is 5.32 Å². The predicted molar refractivity (Wildman–Crippen MR) is 79.7 cm³/mol. The van der Waals surface area contributed by atoms with Gasteiger partial charge in [0.05, 0.1) is 13.7 Å². The number of aryl methyl sites for hydroxylation is 3. The van der Waals surface area contributed by atoms with Gasteiger partial charge in [-0.05, 0) is 50.1 Å². The Kier molecular flexibility index (Phi) is 4.21. The van der Waals surface area contributed by atoms with E-state index < -0.39 is 5.97 Å². The quantitative estimate of drug-likeness (QED) is 0.667. The first-order valence-corrected chi connectivity index (χ1v) is 6.64. The zero-order valence-electron chi connectivity index (χ0n) is 12.6. The SMILES string of the molecule is COC(=O)c1cc(CNc2cc(C)c(O)cc2C)oc1C. The molecule has 2 aromatic rings. The third-order valence-electron chi connectivity index (χ3n) is 3.37. The van der Waals surface area contributed by atoms with E-state index in [0.29, 0.717) is 23.6 Å². The van der Waals surface area contributed by atoms with E-state index in [0.717, 1.165) is 16.8 Å². The van der Waals surface area contributed by atoms with Crippen LogP contribution in [-0.4, -0.2) is 18.2 Å². The maximum Gasteiger partial charge on any atom is 0.341 e. The molecule has 0 spiro atoms. The second-order valence-corrected chi connectivity index (χ2v) is 4.98. The Morgan fingerprint density at radius 3 is 2.62 bits per heavy atom. The number of carbonyl (C=O) groups is 1. The van der Waals surface area contributed by atoms with Gasteiger partial charge < -0.3 is 19.6 Å². The molecule has 1 heterocycles. The van der Waals surface area contributed by atoms with Crippen LogP contribution in [0.15, 0.2) is 22.6 Å². The normalized spacial score (nSPS) is 10.5. The van der Waals surface area contributed by atoms with Crippen molar-refractivity contribution >= 4 is 11.7 Å². The summed E-state index contributed by atoms with van der Waals surface area (Å²) >= 11 is 0. The van der Waals surface area contributed by atoms with Gasteiger partial charge in [0.1, 0.15) is 22.8 Å². The van der Waals surface area contributed by atoms with Crippen molar-refractivity contribution in [2.24, 2.45) is 0 Å². The lowest BCUT2D eigenvalue weighted by Gasteiger charge is -2.10. The molecule has 2 N–H and O–H groups in total. The van der Waals surface area contributed by atoms with Crippen molar-refractivity contribution in [3.05, 3.63) is 46.4 Å². The van der Waals surface area contributed by atoms with Crippen LogP contribution in [0.4, 0.5) is 5.69 Å². The molecule has 5 nitrogen and oxygen atoms in total. The fourth-order valence-corrected chi connectivity index (χ4v) is 2.12. The Labute approximate surface area is 123 Å². The van der Waals surface area contributed by atoms with Gasteiger partial charge in [0.15, 0.2) is 0 Å². The summed E-state index contributed by atoms with van der Waals surface area (Å²) in [7, 11) is 1.34. The second kappa shape index (κ2) is 5.91. The Balaban J connectivity index is 2.14. The number of nitrogens with one attached hydrogen (secondary N) is 1. The van der Waals surface area contributed by atoms with E-state index in [4.69, 9.17) is 9.15 Å². The predicted octanol–water partition coefficient (Wildman–Crippen LogP) is 3.31. The Hall–Kier alpha value is -2.43. The standard InChI is InChI=1S/C16H19NO4/c1-9-6-15(18)10(2)5-14(9)17-8-12-7-13(11(3)21-12)16(19)20-4/h5-7,17-18H,8H2,1-4H3. The highest BCUT2D eigenvalue weighted by Gasteiger charge is 2.15. The molecule has 0 saturated carbocycles. The summed E-state index contributed by atoms with van der Waals surface area (Å²) in [6.07, 6.45) is 0. The number of hydrogen-bond donors (Lipinski definition) is 2. The van der Waals surface area contributed by atoms with Crippen LogP contribution in [0, 0.1) is 20.8 Å². The zero-order valence-corrected chi connectivity index (χ0v) is 12.6. The highest BCUT2D eigenvalue weighted by molar-refractivity contribution is 5.90. The molecule has 0 unspecified atom stereocenters. The molecule has 0 atom stereocenters. The van der Waals surface area contributed by atoms with Crippen molar-refractivity contribution in [2.75, 3.05) is 12.4 Å². The lowest BCUT2D eigenvalue weighted by atomic mass is 10.1. The molecule has 0 fully saturated rings. The van der Waals surface area contributed by atoms with Crippen LogP contribution in [0.5, 0.6) is 5.75 Å².